The van der Waals surface area contributed by atoms with E-state index in [9.17, 15) is 18.0 Å². The number of halogens is 3. The van der Waals surface area contributed by atoms with E-state index in [4.69, 9.17) is 5.73 Å². The first-order valence-corrected chi connectivity index (χ1v) is 7.49. The lowest BCUT2D eigenvalue weighted by Gasteiger charge is -2.39. The van der Waals surface area contributed by atoms with Crippen molar-refractivity contribution in [3.63, 3.8) is 0 Å². The Balaban J connectivity index is 1.92. The van der Waals surface area contributed by atoms with Crippen LogP contribution in [0.2, 0.25) is 0 Å². The van der Waals surface area contributed by atoms with Gasteiger partial charge in [0, 0.05) is 19.0 Å². The minimum atomic E-state index is -4.34. The zero-order valence-electron chi connectivity index (χ0n) is 11.7. The summed E-state index contributed by atoms with van der Waals surface area (Å²) in [4.78, 5) is 13.1. The summed E-state index contributed by atoms with van der Waals surface area (Å²) in [6.07, 6.45) is 1.43. The maximum atomic E-state index is 13.0. The van der Waals surface area contributed by atoms with Gasteiger partial charge in [-0.05, 0) is 25.2 Å². The second-order valence-electron chi connectivity index (χ2n) is 6.13. The zero-order valence-corrected chi connectivity index (χ0v) is 11.7. The monoisotopic (exact) mass is 292 g/mol. The lowest BCUT2D eigenvalue weighted by Crippen LogP contribution is -2.56. The highest BCUT2D eigenvalue weighted by atomic mass is 19.4. The van der Waals surface area contributed by atoms with Crippen molar-refractivity contribution in [1.29, 1.82) is 0 Å². The maximum absolute atomic E-state index is 13.0. The summed E-state index contributed by atoms with van der Waals surface area (Å²) in [5.74, 6) is 0.135. The highest BCUT2D eigenvalue weighted by Gasteiger charge is 2.47. The van der Waals surface area contributed by atoms with E-state index >= 15 is 0 Å². The van der Waals surface area contributed by atoms with Gasteiger partial charge < -0.3 is 10.6 Å². The van der Waals surface area contributed by atoms with Crippen molar-refractivity contribution in [2.75, 3.05) is 6.54 Å². The third-order valence-electron chi connectivity index (χ3n) is 4.56. The number of piperidine rings is 1. The van der Waals surface area contributed by atoms with E-state index in [2.05, 4.69) is 0 Å². The first kappa shape index (κ1) is 15.6. The first-order chi connectivity index (χ1) is 9.38. The molecule has 20 heavy (non-hydrogen) atoms. The van der Waals surface area contributed by atoms with Crippen molar-refractivity contribution in [1.82, 2.24) is 4.90 Å². The van der Waals surface area contributed by atoms with Crippen LogP contribution in [0.25, 0.3) is 0 Å². The van der Waals surface area contributed by atoms with E-state index in [1.54, 1.807) is 0 Å². The third-order valence-corrected chi connectivity index (χ3v) is 4.56. The van der Waals surface area contributed by atoms with Crippen molar-refractivity contribution in [3.8, 4) is 0 Å². The van der Waals surface area contributed by atoms with Crippen LogP contribution in [0.1, 0.15) is 51.4 Å². The van der Waals surface area contributed by atoms with Gasteiger partial charge in [0.2, 0.25) is 5.91 Å². The molecular weight excluding hydrogens is 269 g/mol. The van der Waals surface area contributed by atoms with Crippen molar-refractivity contribution in [2.45, 2.75) is 69.6 Å². The van der Waals surface area contributed by atoms with E-state index in [1.807, 2.05) is 0 Å². The van der Waals surface area contributed by atoms with Crippen LogP contribution in [0.15, 0.2) is 0 Å². The molecule has 0 aromatic rings. The number of amides is 1. The van der Waals surface area contributed by atoms with Gasteiger partial charge in [-0.25, -0.2) is 0 Å². The molecule has 1 aliphatic carbocycles. The molecule has 6 heteroatoms. The fraction of sp³-hybridized carbons (Fsp3) is 0.929. The molecule has 0 aromatic carbocycles. The number of nitrogens with zero attached hydrogens (tertiary/aromatic N) is 1. The van der Waals surface area contributed by atoms with Gasteiger partial charge in [-0.1, -0.05) is 25.7 Å². The predicted octanol–water partition coefficient (Wildman–Crippen LogP) is 2.84. The van der Waals surface area contributed by atoms with Crippen LogP contribution in [0.5, 0.6) is 0 Å². The van der Waals surface area contributed by atoms with Crippen LogP contribution in [-0.2, 0) is 4.79 Å². The number of carbonyl (C=O) groups excluding carboxylic acids is 1. The molecule has 0 unspecified atom stereocenters. The van der Waals surface area contributed by atoms with Gasteiger partial charge >= 0.3 is 6.18 Å². The second kappa shape index (κ2) is 6.33. The SMILES string of the molecule is N[C@@H]1CC[C@@H](C(F)(F)F)N(C(=O)CCC2CCCC2)C1. The van der Waals surface area contributed by atoms with E-state index < -0.39 is 12.2 Å². The Morgan fingerprint density at radius 1 is 1.15 bits per heavy atom. The summed E-state index contributed by atoms with van der Waals surface area (Å²) in [6, 6.07) is -1.97. The first-order valence-electron chi connectivity index (χ1n) is 7.49. The van der Waals surface area contributed by atoms with Crippen LogP contribution in [0.3, 0.4) is 0 Å². The van der Waals surface area contributed by atoms with Gasteiger partial charge in [0.1, 0.15) is 6.04 Å². The average Bonchev–Trinajstić information content (AvgIpc) is 2.87. The van der Waals surface area contributed by atoms with Crippen LogP contribution in [-0.4, -0.2) is 35.6 Å². The number of hydrogen-bond donors (Lipinski definition) is 1. The summed E-state index contributed by atoms with van der Waals surface area (Å²) >= 11 is 0. The molecule has 0 bridgehead atoms. The van der Waals surface area contributed by atoms with Crippen molar-refractivity contribution >= 4 is 5.91 Å². The molecule has 116 valence electrons. The molecule has 2 atom stereocenters. The zero-order chi connectivity index (χ0) is 14.8. The average molecular weight is 292 g/mol. The van der Waals surface area contributed by atoms with Crippen LogP contribution >= 0.6 is 0 Å². The standard InChI is InChI=1S/C14H23F3N2O/c15-14(16,17)12-7-6-11(18)9-19(12)13(20)8-5-10-3-1-2-4-10/h10-12H,1-9,18H2/t11-,12+/m1/s1. The molecule has 1 saturated heterocycles. The molecule has 2 fully saturated rings. The largest absolute Gasteiger partial charge is 0.408 e. The van der Waals surface area contributed by atoms with Gasteiger partial charge in [0.25, 0.3) is 0 Å². The minimum absolute atomic E-state index is 0.0354. The van der Waals surface area contributed by atoms with Crippen molar-refractivity contribution in [3.05, 3.63) is 0 Å². The topological polar surface area (TPSA) is 46.3 Å². The Morgan fingerprint density at radius 2 is 1.80 bits per heavy atom. The van der Waals surface area contributed by atoms with E-state index in [1.165, 1.54) is 12.8 Å². The van der Waals surface area contributed by atoms with Crippen LogP contribution in [0, 0.1) is 5.92 Å². The lowest BCUT2D eigenvalue weighted by molar-refractivity contribution is -0.197. The normalized spacial score (nSPS) is 28.9. The van der Waals surface area contributed by atoms with Crippen molar-refractivity contribution in [2.24, 2.45) is 11.7 Å². The number of nitrogens with two attached hydrogens (primary N) is 1. The van der Waals surface area contributed by atoms with E-state index in [0.29, 0.717) is 12.3 Å². The molecule has 0 spiro atoms. The molecule has 2 aliphatic rings. The number of likely N-dealkylation sites (tertiary alicyclic amines) is 1. The molecule has 0 radical (unpaired) electrons. The Kier molecular flexibility index (Phi) is 4.94. The fourth-order valence-corrected chi connectivity index (χ4v) is 3.39. The summed E-state index contributed by atoms with van der Waals surface area (Å²) < 4.78 is 39.0. The number of alkyl halides is 3. The maximum Gasteiger partial charge on any atom is 0.408 e. The molecule has 2 N–H and O–H groups in total. The van der Waals surface area contributed by atoms with Gasteiger partial charge in [-0.3, -0.25) is 4.79 Å². The van der Waals surface area contributed by atoms with Crippen molar-refractivity contribution < 1.29 is 18.0 Å². The number of carbonyl (C=O) groups is 1. The van der Waals surface area contributed by atoms with Gasteiger partial charge in [0.05, 0.1) is 0 Å². The molecule has 1 saturated carbocycles. The van der Waals surface area contributed by atoms with Gasteiger partial charge in [-0.2, -0.15) is 13.2 Å². The Hall–Kier alpha value is -0.780. The molecule has 2 rings (SSSR count). The van der Waals surface area contributed by atoms with Gasteiger partial charge in [-0.15, -0.1) is 0 Å². The van der Waals surface area contributed by atoms with E-state index in [-0.39, 0.29) is 31.3 Å². The lowest BCUT2D eigenvalue weighted by atomic mass is 9.96. The molecular formula is C14H23F3N2O. The highest BCUT2D eigenvalue weighted by Crippen LogP contribution is 2.33. The third kappa shape index (κ3) is 3.87. The number of rotatable bonds is 3. The Labute approximate surface area is 117 Å². The predicted molar refractivity (Wildman–Crippen MR) is 70.0 cm³/mol. The Bertz CT molecular complexity index is 340. The molecule has 0 aromatic heterocycles. The van der Waals surface area contributed by atoms with Gasteiger partial charge in [0.15, 0.2) is 0 Å². The summed E-state index contributed by atoms with van der Waals surface area (Å²) in [5.41, 5.74) is 5.73. The Morgan fingerprint density at radius 3 is 2.40 bits per heavy atom. The second-order valence-corrected chi connectivity index (χ2v) is 6.13. The summed E-state index contributed by atoms with van der Waals surface area (Å²) in [7, 11) is 0. The number of hydrogen-bond acceptors (Lipinski definition) is 2. The molecule has 3 nitrogen and oxygen atoms in total. The quantitative estimate of drug-likeness (QED) is 0.869. The smallest absolute Gasteiger partial charge is 0.329 e. The molecule has 1 aliphatic heterocycles. The molecule has 1 heterocycles. The molecule has 1 amide bonds. The van der Waals surface area contributed by atoms with Crippen LogP contribution in [0.4, 0.5) is 13.2 Å². The minimum Gasteiger partial charge on any atom is -0.329 e. The van der Waals surface area contributed by atoms with E-state index in [0.717, 1.165) is 24.2 Å². The summed E-state index contributed by atoms with van der Waals surface area (Å²) in [5, 5.41) is 0. The fourth-order valence-electron chi connectivity index (χ4n) is 3.39. The summed E-state index contributed by atoms with van der Waals surface area (Å²) in [6.45, 7) is 0.0354. The van der Waals surface area contributed by atoms with Crippen LogP contribution < -0.4 is 5.73 Å². The highest BCUT2D eigenvalue weighted by molar-refractivity contribution is 5.76.